The van der Waals surface area contributed by atoms with Gasteiger partial charge in [-0.15, -0.1) is 0 Å². The molecule has 1 heterocycles. The lowest BCUT2D eigenvalue weighted by atomic mass is 9.92. The normalized spacial score (nSPS) is 19.3. The summed E-state index contributed by atoms with van der Waals surface area (Å²) in [6.45, 7) is 2.16. The van der Waals surface area contributed by atoms with Crippen LogP contribution in [0.1, 0.15) is 26.2 Å². The highest BCUT2D eigenvalue weighted by molar-refractivity contribution is 7.73. The van der Waals surface area contributed by atoms with Crippen molar-refractivity contribution >= 4 is 47.8 Å². The van der Waals surface area contributed by atoms with Crippen LogP contribution in [0.2, 0.25) is 0 Å². The van der Waals surface area contributed by atoms with E-state index < -0.39 is 15.7 Å². The lowest BCUT2D eigenvalue weighted by Gasteiger charge is -2.34. The third-order valence-corrected chi connectivity index (χ3v) is 14.0. The summed E-state index contributed by atoms with van der Waals surface area (Å²) in [6, 6.07) is 46.3. The van der Waals surface area contributed by atoms with E-state index in [4.69, 9.17) is 9.05 Å². The van der Waals surface area contributed by atoms with Crippen LogP contribution in [0.25, 0.3) is 32.7 Å². The van der Waals surface area contributed by atoms with Gasteiger partial charge in [0.1, 0.15) is 11.5 Å². The van der Waals surface area contributed by atoms with Crippen molar-refractivity contribution in [1.82, 2.24) is 5.09 Å². The Hall–Kier alpha value is -3.94. The van der Waals surface area contributed by atoms with E-state index in [-0.39, 0.29) is 6.04 Å². The molecule has 0 amide bonds. The predicted octanol–water partition coefficient (Wildman–Crippen LogP) is 9.82. The number of benzene rings is 6. The number of fused-ring (bicyclic) bond motifs is 7. The lowest BCUT2D eigenvalue weighted by molar-refractivity contribution is 0.343. The van der Waals surface area contributed by atoms with Gasteiger partial charge in [-0.2, -0.15) is 5.09 Å². The van der Waals surface area contributed by atoms with Crippen molar-refractivity contribution in [2.24, 2.45) is 5.92 Å². The molecule has 1 saturated carbocycles. The average molecular weight is 628 g/mol. The molecule has 8 rings (SSSR count). The smallest absolute Gasteiger partial charge is 0.404 e. The highest BCUT2D eigenvalue weighted by Crippen LogP contribution is 2.58. The minimum atomic E-state index is -3.83. The largest absolute Gasteiger partial charge is 0.513 e. The number of rotatable bonds is 6. The number of hydrogen-bond acceptors (Lipinski definition) is 3. The third-order valence-electron chi connectivity index (χ3n) is 9.40. The molecule has 2 unspecified atom stereocenters. The molecule has 1 aliphatic carbocycles. The quantitative estimate of drug-likeness (QED) is 0.187. The van der Waals surface area contributed by atoms with Crippen molar-refractivity contribution in [1.29, 1.82) is 0 Å². The summed E-state index contributed by atoms with van der Waals surface area (Å²) in [6.07, 6.45) is 3.36. The van der Waals surface area contributed by atoms with Crippen LogP contribution in [0.3, 0.4) is 0 Å². The van der Waals surface area contributed by atoms with Crippen LogP contribution < -0.4 is 24.7 Å². The van der Waals surface area contributed by atoms with Crippen molar-refractivity contribution in [3.63, 3.8) is 0 Å². The van der Waals surface area contributed by atoms with Crippen LogP contribution in [-0.2, 0) is 4.57 Å². The summed E-state index contributed by atoms with van der Waals surface area (Å²) in [5, 5.41) is 10.5. The zero-order chi connectivity index (χ0) is 30.4. The minimum absolute atomic E-state index is 0.0910. The maximum atomic E-state index is 14.9. The molecular formula is C39H35NO3P2. The summed E-state index contributed by atoms with van der Waals surface area (Å²) in [4.78, 5) is 0. The molecule has 6 aromatic carbocycles. The van der Waals surface area contributed by atoms with E-state index in [0.717, 1.165) is 51.9 Å². The van der Waals surface area contributed by atoms with Gasteiger partial charge in [-0.05, 0) is 83.6 Å². The first-order valence-corrected chi connectivity index (χ1v) is 18.7. The SMILES string of the molecule is C[C@@H](NP1(=O)Oc2ccc3ccccc3c2-c2c(ccc3ccccc23)O1)C1CCCC1P(c1ccccc1)c1ccccc1. The van der Waals surface area contributed by atoms with Gasteiger partial charge in [-0.25, -0.2) is 4.57 Å². The first kappa shape index (κ1) is 28.5. The van der Waals surface area contributed by atoms with E-state index in [1.807, 2.05) is 48.5 Å². The van der Waals surface area contributed by atoms with Crippen molar-refractivity contribution in [3.8, 4) is 22.6 Å². The van der Waals surface area contributed by atoms with Gasteiger partial charge in [-0.3, -0.25) is 0 Å². The van der Waals surface area contributed by atoms with Crippen molar-refractivity contribution in [2.75, 3.05) is 0 Å². The van der Waals surface area contributed by atoms with E-state index in [1.165, 1.54) is 10.6 Å². The molecule has 224 valence electrons. The molecule has 0 radical (unpaired) electrons. The Morgan fingerprint density at radius 2 is 1.13 bits per heavy atom. The molecule has 6 aromatic rings. The van der Waals surface area contributed by atoms with Crippen LogP contribution in [0.15, 0.2) is 133 Å². The van der Waals surface area contributed by atoms with Crippen molar-refractivity contribution in [2.45, 2.75) is 37.9 Å². The number of hydrogen-bond donors (Lipinski definition) is 1. The summed E-state index contributed by atoms with van der Waals surface area (Å²) < 4.78 is 27.9. The van der Waals surface area contributed by atoms with E-state index in [9.17, 15) is 4.57 Å². The first-order valence-electron chi connectivity index (χ1n) is 15.8. The highest BCUT2D eigenvalue weighted by atomic mass is 31.2. The summed E-state index contributed by atoms with van der Waals surface area (Å²) in [5.74, 6) is 1.46. The van der Waals surface area contributed by atoms with Gasteiger partial charge in [-0.1, -0.05) is 128 Å². The zero-order valence-electron chi connectivity index (χ0n) is 25.2. The Morgan fingerprint density at radius 3 is 1.67 bits per heavy atom. The fraction of sp³-hybridized carbons (Fsp3) is 0.179. The second-order valence-corrected chi connectivity index (χ2v) is 16.2. The van der Waals surface area contributed by atoms with Gasteiger partial charge in [0.05, 0.1) is 0 Å². The molecule has 1 aliphatic heterocycles. The van der Waals surface area contributed by atoms with Gasteiger partial charge < -0.3 is 9.05 Å². The molecular weight excluding hydrogens is 592 g/mol. The van der Waals surface area contributed by atoms with Crippen LogP contribution in [0.5, 0.6) is 11.5 Å². The van der Waals surface area contributed by atoms with Crippen LogP contribution in [0.4, 0.5) is 0 Å². The maximum Gasteiger partial charge on any atom is 0.513 e. The van der Waals surface area contributed by atoms with Crippen molar-refractivity contribution < 1.29 is 13.6 Å². The monoisotopic (exact) mass is 627 g/mol. The van der Waals surface area contributed by atoms with E-state index >= 15 is 0 Å². The standard InChI is InChI=1S/C39H35NO3P2/c1-27(32-21-12-22-37(32)44(30-15-4-2-5-16-30)31-17-6-3-7-18-31)40-45(41)42-35-25-23-28-13-8-10-19-33(28)38(35)39-34-20-11-9-14-29(34)24-26-36(39)43-45/h2-11,13-20,23-27,32,37H,12,21-22H2,1H3,(H,40,41)/t27-,32?,37?/m1/s1. The van der Waals surface area contributed by atoms with Gasteiger partial charge >= 0.3 is 7.75 Å². The highest BCUT2D eigenvalue weighted by Gasteiger charge is 2.43. The molecule has 0 saturated heterocycles. The topological polar surface area (TPSA) is 47.6 Å². The fourth-order valence-electron chi connectivity index (χ4n) is 7.43. The van der Waals surface area contributed by atoms with E-state index in [0.29, 0.717) is 23.1 Å². The Labute approximate surface area is 265 Å². The predicted molar refractivity (Wildman–Crippen MR) is 189 cm³/mol. The van der Waals surface area contributed by atoms with Gasteiger partial charge in [0, 0.05) is 17.2 Å². The van der Waals surface area contributed by atoms with Gasteiger partial charge in [0.15, 0.2) is 0 Å². The molecule has 45 heavy (non-hydrogen) atoms. The summed E-state index contributed by atoms with van der Waals surface area (Å²) >= 11 is 0. The van der Waals surface area contributed by atoms with E-state index in [2.05, 4.69) is 96.9 Å². The lowest BCUT2D eigenvalue weighted by Crippen LogP contribution is -2.39. The second-order valence-electron chi connectivity index (χ2n) is 12.1. The molecule has 4 nitrogen and oxygen atoms in total. The molecule has 6 heteroatoms. The Balaban J connectivity index is 1.19. The Kier molecular flexibility index (Phi) is 7.46. The minimum Gasteiger partial charge on any atom is -0.404 e. The second kappa shape index (κ2) is 11.8. The van der Waals surface area contributed by atoms with Crippen LogP contribution in [-0.4, -0.2) is 11.7 Å². The Morgan fingerprint density at radius 1 is 0.644 bits per heavy atom. The summed E-state index contributed by atoms with van der Waals surface area (Å²) in [7, 11) is -4.43. The molecule has 1 N–H and O–H groups in total. The third kappa shape index (κ3) is 5.26. The number of nitrogens with one attached hydrogen (secondary N) is 1. The Bertz CT molecular complexity index is 1920. The maximum absolute atomic E-state index is 14.9. The zero-order valence-corrected chi connectivity index (χ0v) is 27.0. The fourth-order valence-corrected chi connectivity index (χ4v) is 12.4. The summed E-state index contributed by atoms with van der Waals surface area (Å²) in [5.41, 5.74) is 2.28. The van der Waals surface area contributed by atoms with Gasteiger partial charge in [0.2, 0.25) is 0 Å². The van der Waals surface area contributed by atoms with Gasteiger partial charge in [0.25, 0.3) is 0 Å². The molecule has 2 aliphatic rings. The van der Waals surface area contributed by atoms with Crippen LogP contribution in [0, 0.1) is 5.92 Å². The molecule has 1 fully saturated rings. The first-order chi connectivity index (χ1) is 22.1. The molecule has 3 atom stereocenters. The molecule has 0 spiro atoms. The van der Waals surface area contributed by atoms with E-state index in [1.54, 1.807) is 0 Å². The van der Waals surface area contributed by atoms with Crippen molar-refractivity contribution in [3.05, 3.63) is 133 Å². The molecule has 0 aromatic heterocycles. The average Bonchev–Trinajstić information content (AvgIpc) is 3.51. The van der Waals surface area contributed by atoms with Crippen LogP contribution >= 0.6 is 15.7 Å². The molecule has 0 bridgehead atoms.